The number of aliphatic hydroxyl groups excluding tert-OH is 1. The molecule has 1 saturated carbocycles. The van der Waals surface area contributed by atoms with Gasteiger partial charge in [0.25, 0.3) is 0 Å². The summed E-state index contributed by atoms with van der Waals surface area (Å²) in [5.41, 5.74) is -0.398. The van der Waals surface area contributed by atoms with Gasteiger partial charge in [-0.2, -0.15) is 0 Å². The monoisotopic (exact) mass is 214 g/mol. The average molecular weight is 214 g/mol. The fourth-order valence-electron chi connectivity index (χ4n) is 2.22. The van der Waals surface area contributed by atoms with E-state index in [0.717, 1.165) is 19.3 Å². The minimum absolute atomic E-state index is 0.132. The van der Waals surface area contributed by atoms with Crippen LogP contribution in [0.2, 0.25) is 0 Å². The zero-order valence-corrected chi connectivity index (χ0v) is 9.95. The summed E-state index contributed by atoms with van der Waals surface area (Å²) in [6, 6.07) is 0. The summed E-state index contributed by atoms with van der Waals surface area (Å²) in [6.07, 6.45) is 3.68. The predicted octanol–water partition coefficient (Wildman–Crippen LogP) is 2.13. The number of esters is 1. The number of carbonyl (C=O) groups is 1. The Labute approximate surface area is 91.8 Å². The van der Waals surface area contributed by atoms with Gasteiger partial charge in [-0.25, -0.2) is 0 Å². The number of hydrogen-bond acceptors (Lipinski definition) is 3. The molecule has 1 aliphatic carbocycles. The van der Waals surface area contributed by atoms with Crippen molar-refractivity contribution < 1.29 is 14.6 Å². The third kappa shape index (κ3) is 4.20. The van der Waals surface area contributed by atoms with Gasteiger partial charge in [0.2, 0.25) is 0 Å². The van der Waals surface area contributed by atoms with Crippen molar-refractivity contribution in [2.75, 3.05) is 6.61 Å². The van der Waals surface area contributed by atoms with E-state index in [-0.39, 0.29) is 12.6 Å². The Morgan fingerprint density at radius 2 is 1.93 bits per heavy atom. The first-order valence-corrected chi connectivity index (χ1v) is 5.75. The lowest BCUT2D eigenvalue weighted by molar-refractivity contribution is -0.156. The third-order valence-electron chi connectivity index (χ3n) is 2.90. The molecule has 0 aliphatic heterocycles. The first kappa shape index (κ1) is 12.5. The molecule has 0 spiro atoms. The second-order valence-electron chi connectivity index (χ2n) is 5.42. The molecule has 0 amide bonds. The highest BCUT2D eigenvalue weighted by Gasteiger charge is 2.30. The van der Waals surface area contributed by atoms with Crippen molar-refractivity contribution in [1.82, 2.24) is 0 Å². The van der Waals surface area contributed by atoms with Gasteiger partial charge in [0.05, 0.1) is 0 Å². The van der Waals surface area contributed by atoms with Crippen LogP contribution in [-0.2, 0) is 9.53 Å². The summed E-state index contributed by atoms with van der Waals surface area (Å²) in [4.78, 5) is 11.6. The van der Waals surface area contributed by atoms with E-state index in [1.807, 2.05) is 20.8 Å². The molecular weight excluding hydrogens is 192 g/mol. The fourth-order valence-corrected chi connectivity index (χ4v) is 2.22. The molecule has 0 heterocycles. The number of aliphatic hydroxyl groups is 1. The highest BCUT2D eigenvalue weighted by atomic mass is 16.6. The fraction of sp³-hybridized carbons (Fsp3) is 0.917. The molecular formula is C12H22O3. The second-order valence-corrected chi connectivity index (χ2v) is 5.42. The molecule has 0 bridgehead atoms. The van der Waals surface area contributed by atoms with Crippen molar-refractivity contribution in [3.63, 3.8) is 0 Å². The summed E-state index contributed by atoms with van der Waals surface area (Å²) >= 11 is 0. The molecule has 1 aliphatic rings. The van der Waals surface area contributed by atoms with Crippen molar-refractivity contribution in [2.24, 2.45) is 11.8 Å². The van der Waals surface area contributed by atoms with Crippen molar-refractivity contribution in [3.8, 4) is 0 Å². The van der Waals surface area contributed by atoms with Crippen molar-refractivity contribution in [1.29, 1.82) is 0 Å². The summed E-state index contributed by atoms with van der Waals surface area (Å²) in [6.45, 7) is 5.84. The minimum atomic E-state index is -0.398. The van der Waals surface area contributed by atoms with Gasteiger partial charge < -0.3 is 9.84 Å². The molecule has 0 aromatic rings. The maximum atomic E-state index is 11.6. The van der Waals surface area contributed by atoms with Gasteiger partial charge in [0.1, 0.15) is 5.60 Å². The topological polar surface area (TPSA) is 46.5 Å². The Balaban J connectivity index is 2.37. The van der Waals surface area contributed by atoms with Crippen LogP contribution in [0.5, 0.6) is 0 Å². The maximum Gasteiger partial charge on any atom is 0.306 e. The normalized spacial score (nSPS) is 26.7. The zero-order chi connectivity index (χ0) is 11.5. The molecule has 3 nitrogen and oxygen atoms in total. The lowest BCUT2D eigenvalue weighted by Crippen LogP contribution is -2.26. The standard InChI is InChI=1S/C12H22O3/c1-12(2,3)15-11(14)7-9-5-4-6-10(9)8-13/h9-10,13H,4-8H2,1-3H3. The predicted molar refractivity (Wildman–Crippen MR) is 58.4 cm³/mol. The lowest BCUT2D eigenvalue weighted by Gasteiger charge is -2.22. The van der Waals surface area contributed by atoms with Crippen molar-refractivity contribution >= 4 is 5.97 Å². The summed E-state index contributed by atoms with van der Waals surface area (Å²) in [7, 11) is 0. The molecule has 88 valence electrons. The van der Waals surface area contributed by atoms with E-state index in [4.69, 9.17) is 9.84 Å². The second kappa shape index (κ2) is 4.97. The van der Waals surface area contributed by atoms with Gasteiger partial charge in [-0.1, -0.05) is 6.42 Å². The lowest BCUT2D eigenvalue weighted by atomic mass is 9.94. The highest BCUT2D eigenvalue weighted by molar-refractivity contribution is 5.70. The Morgan fingerprint density at radius 3 is 2.47 bits per heavy atom. The Kier molecular flexibility index (Phi) is 4.14. The van der Waals surface area contributed by atoms with Crippen LogP contribution >= 0.6 is 0 Å². The Hall–Kier alpha value is -0.570. The highest BCUT2D eigenvalue weighted by Crippen LogP contribution is 2.34. The maximum absolute atomic E-state index is 11.6. The molecule has 0 aromatic carbocycles. The van der Waals surface area contributed by atoms with E-state index in [9.17, 15) is 4.79 Å². The van der Waals surface area contributed by atoms with E-state index < -0.39 is 5.60 Å². The molecule has 2 atom stereocenters. The molecule has 3 heteroatoms. The van der Waals surface area contributed by atoms with Crippen LogP contribution in [0.1, 0.15) is 46.5 Å². The Bertz CT molecular complexity index is 217. The molecule has 1 rings (SSSR count). The van der Waals surface area contributed by atoms with Crippen LogP contribution in [0.15, 0.2) is 0 Å². The number of hydrogen-bond donors (Lipinski definition) is 1. The number of carbonyl (C=O) groups excluding carboxylic acids is 1. The summed E-state index contributed by atoms with van der Waals surface area (Å²) < 4.78 is 5.27. The van der Waals surface area contributed by atoms with Crippen LogP contribution in [0, 0.1) is 11.8 Å². The van der Waals surface area contributed by atoms with Gasteiger partial charge in [-0.3, -0.25) is 4.79 Å². The van der Waals surface area contributed by atoms with Gasteiger partial charge in [0, 0.05) is 13.0 Å². The summed E-state index contributed by atoms with van der Waals surface area (Å²) in [5, 5.41) is 9.13. The molecule has 0 aromatic heterocycles. The van der Waals surface area contributed by atoms with Gasteiger partial charge in [0.15, 0.2) is 0 Å². The average Bonchev–Trinajstić information content (AvgIpc) is 2.48. The van der Waals surface area contributed by atoms with Crippen LogP contribution in [0.3, 0.4) is 0 Å². The van der Waals surface area contributed by atoms with Crippen molar-refractivity contribution in [2.45, 2.75) is 52.1 Å². The van der Waals surface area contributed by atoms with Crippen LogP contribution in [0.25, 0.3) is 0 Å². The van der Waals surface area contributed by atoms with Crippen LogP contribution in [-0.4, -0.2) is 23.3 Å². The van der Waals surface area contributed by atoms with Gasteiger partial charge >= 0.3 is 5.97 Å². The smallest absolute Gasteiger partial charge is 0.306 e. The van der Waals surface area contributed by atoms with E-state index >= 15 is 0 Å². The first-order valence-electron chi connectivity index (χ1n) is 5.75. The number of ether oxygens (including phenoxy) is 1. The van der Waals surface area contributed by atoms with Crippen molar-refractivity contribution in [3.05, 3.63) is 0 Å². The van der Waals surface area contributed by atoms with Gasteiger partial charge in [-0.05, 0) is 45.4 Å². The molecule has 15 heavy (non-hydrogen) atoms. The molecule has 0 saturated heterocycles. The third-order valence-corrected chi connectivity index (χ3v) is 2.90. The molecule has 1 N–H and O–H groups in total. The molecule has 0 radical (unpaired) electrons. The summed E-state index contributed by atoms with van der Waals surface area (Å²) in [5.74, 6) is 0.496. The van der Waals surface area contributed by atoms with E-state index in [0.29, 0.717) is 18.3 Å². The molecule has 1 fully saturated rings. The van der Waals surface area contributed by atoms with E-state index in [1.165, 1.54) is 0 Å². The minimum Gasteiger partial charge on any atom is -0.460 e. The molecule has 2 unspecified atom stereocenters. The Morgan fingerprint density at radius 1 is 1.33 bits per heavy atom. The van der Waals surface area contributed by atoms with E-state index in [1.54, 1.807) is 0 Å². The first-order chi connectivity index (χ1) is 6.92. The SMILES string of the molecule is CC(C)(C)OC(=O)CC1CCCC1CO. The van der Waals surface area contributed by atoms with Crippen LogP contribution in [0.4, 0.5) is 0 Å². The van der Waals surface area contributed by atoms with E-state index in [2.05, 4.69) is 0 Å². The largest absolute Gasteiger partial charge is 0.460 e. The van der Waals surface area contributed by atoms with Gasteiger partial charge in [-0.15, -0.1) is 0 Å². The van der Waals surface area contributed by atoms with Crippen LogP contribution < -0.4 is 0 Å². The zero-order valence-electron chi connectivity index (χ0n) is 9.95. The number of rotatable bonds is 3. The quantitative estimate of drug-likeness (QED) is 0.732.